The maximum absolute atomic E-state index is 13.1. The largest absolute Gasteiger partial charge is 0.495 e. The predicted octanol–water partition coefficient (Wildman–Crippen LogP) is 3.19. The maximum atomic E-state index is 13.1. The number of anilines is 1. The van der Waals surface area contributed by atoms with E-state index in [1.165, 1.54) is 29.6 Å². The van der Waals surface area contributed by atoms with Crippen LogP contribution in [0.3, 0.4) is 0 Å². The van der Waals surface area contributed by atoms with E-state index in [-0.39, 0.29) is 16.2 Å². The molecular formula is C21H23N3O4S. The van der Waals surface area contributed by atoms with Gasteiger partial charge >= 0.3 is 0 Å². The van der Waals surface area contributed by atoms with E-state index < -0.39 is 15.9 Å². The minimum Gasteiger partial charge on any atom is -0.495 e. The van der Waals surface area contributed by atoms with Gasteiger partial charge in [0.1, 0.15) is 10.6 Å². The quantitative estimate of drug-likeness (QED) is 0.784. The van der Waals surface area contributed by atoms with Gasteiger partial charge in [-0.05, 0) is 48.7 Å². The molecule has 0 radical (unpaired) electrons. The van der Waals surface area contributed by atoms with Gasteiger partial charge in [0.05, 0.1) is 19.6 Å². The van der Waals surface area contributed by atoms with Crippen LogP contribution in [0.25, 0.3) is 0 Å². The molecule has 2 aromatic carbocycles. The van der Waals surface area contributed by atoms with Gasteiger partial charge in [0.15, 0.2) is 0 Å². The molecule has 1 aliphatic rings. The average Bonchev–Trinajstić information content (AvgIpc) is 2.75. The molecule has 1 heterocycles. The van der Waals surface area contributed by atoms with Crippen LogP contribution in [0.15, 0.2) is 47.4 Å². The minimum absolute atomic E-state index is 0.00100. The van der Waals surface area contributed by atoms with Gasteiger partial charge in [0.25, 0.3) is 5.91 Å². The zero-order valence-corrected chi connectivity index (χ0v) is 17.0. The summed E-state index contributed by atoms with van der Waals surface area (Å²) < 4.78 is 32.9. The van der Waals surface area contributed by atoms with Gasteiger partial charge in [-0.2, -0.15) is 9.57 Å². The molecule has 0 aromatic heterocycles. The molecule has 0 spiro atoms. The number of nitrogens with one attached hydrogen (secondary N) is 1. The molecule has 1 N–H and O–H groups in total. The van der Waals surface area contributed by atoms with E-state index in [0.29, 0.717) is 25.2 Å². The minimum atomic E-state index is -3.75. The molecule has 152 valence electrons. The van der Waals surface area contributed by atoms with Crippen molar-refractivity contribution >= 4 is 21.6 Å². The van der Waals surface area contributed by atoms with Crippen molar-refractivity contribution in [2.24, 2.45) is 0 Å². The number of piperidine rings is 1. The Morgan fingerprint density at radius 3 is 2.45 bits per heavy atom. The van der Waals surface area contributed by atoms with Crippen molar-refractivity contribution in [3.05, 3.63) is 53.6 Å². The Balaban J connectivity index is 1.85. The van der Waals surface area contributed by atoms with Crippen LogP contribution in [0.2, 0.25) is 0 Å². The normalized spacial score (nSPS) is 14.8. The van der Waals surface area contributed by atoms with Gasteiger partial charge in [-0.1, -0.05) is 18.6 Å². The highest BCUT2D eigenvalue weighted by molar-refractivity contribution is 7.89. The van der Waals surface area contributed by atoms with E-state index in [0.717, 1.165) is 24.8 Å². The van der Waals surface area contributed by atoms with Crippen LogP contribution in [0.5, 0.6) is 5.75 Å². The number of sulfonamides is 1. The monoisotopic (exact) mass is 413 g/mol. The van der Waals surface area contributed by atoms with Crippen molar-refractivity contribution in [2.75, 3.05) is 25.5 Å². The van der Waals surface area contributed by atoms with Gasteiger partial charge in [0.2, 0.25) is 10.0 Å². The number of ether oxygens (including phenoxy) is 1. The SMILES string of the molecule is COc1ccc(C(=O)Nc2ccc(CC#N)cc2)cc1S(=O)(=O)N1CCCCC1. The molecule has 1 aliphatic heterocycles. The predicted molar refractivity (Wildman–Crippen MR) is 109 cm³/mol. The molecule has 29 heavy (non-hydrogen) atoms. The van der Waals surface area contributed by atoms with Crippen molar-refractivity contribution in [3.63, 3.8) is 0 Å². The lowest BCUT2D eigenvalue weighted by molar-refractivity contribution is 0.102. The molecule has 0 atom stereocenters. The molecule has 0 unspecified atom stereocenters. The summed E-state index contributed by atoms with van der Waals surface area (Å²) in [7, 11) is -2.34. The van der Waals surface area contributed by atoms with E-state index >= 15 is 0 Å². The second kappa shape index (κ2) is 9.07. The number of benzene rings is 2. The first-order chi connectivity index (χ1) is 14.0. The van der Waals surface area contributed by atoms with Crippen molar-refractivity contribution in [2.45, 2.75) is 30.6 Å². The van der Waals surface area contributed by atoms with Crippen LogP contribution in [-0.2, 0) is 16.4 Å². The van der Waals surface area contributed by atoms with E-state index in [1.54, 1.807) is 24.3 Å². The summed E-state index contributed by atoms with van der Waals surface area (Å²) in [5.41, 5.74) is 1.64. The second-order valence-electron chi connectivity index (χ2n) is 6.82. The highest BCUT2D eigenvalue weighted by Gasteiger charge is 2.29. The number of nitriles is 1. The van der Waals surface area contributed by atoms with Crippen LogP contribution < -0.4 is 10.1 Å². The summed E-state index contributed by atoms with van der Waals surface area (Å²) in [5, 5.41) is 11.5. The third-order valence-electron chi connectivity index (χ3n) is 4.85. The Hall–Kier alpha value is -2.89. The van der Waals surface area contributed by atoms with Crippen LogP contribution in [0.1, 0.15) is 35.2 Å². The topological polar surface area (TPSA) is 99.5 Å². The van der Waals surface area contributed by atoms with Gasteiger partial charge in [-0.15, -0.1) is 0 Å². The standard InChI is InChI=1S/C21H23N3O4S/c1-28-19-10-7-17(15-20(19)29(26,27)24-13-3-2-4-14-24)21(25)23-18-8-5-16(6-9-18)11-12-22/h5-10,15H,2-4,11,13-14H2,1H3,(H,23,25). The van der Waals surface area contributed by atoms with Gasteiger partial charge in [-0.25, -0.2) is 8.42 Å². The van der Waals surface area contributed by atoms with Crippen LogP contribution in [0, 0.1) is 11.3 Å². The van der Waals surface area contributed by atoms with E-state index in [2.05, 4.69) is 11.4 Å². The molecule has 1 amide bonds. The van der Waals surface area contributed by atoms with Crippen LogP contribution in [-0.4, -0.2) is 38.8 Å². The second-order valence-corrected chi connectivity index (χ2v) is 8.72. The molecule has 0 aliphatic carbocycles. The number of carbonyl (C=O) groups excluding carboxylic acids is 1. The van der Waals surface area contributed by atoms with Crippen molar-refractivity contribution in [3.8, 4) is 11.8 Å². The molecule has 0 bridgehead atoms. The number of nitrogens with zero attached hydrogens (tertiary/aromatic N) is 2. The number of methoxy groups -OCH3 is 1. The summed E-state index contributed by atoms with van der Waals surface area (Å²) >= 11 is 0. The molecule has 3 rings (SSSR count). The lowest BCUT2D eigenvalue weighted by atomic mass is 10.1. The number of hydrogen-bond acceptors (Lipinski definition) is 5. The van der Waals surface area contributed by atoms with Gasteiger partial charge in [0, 0.05) is 24.3 Å². The fourth-order valence-electron chi connectivity index (χ4n) is 3.26. The van der Waals surface area contributed by atoms with Crippen LogP contribution >= 0.6 is 0 Å². The van der Waals surface area contributed by atoms with Crippen molar-refractivity contribution in [1.82, 2.24) is 4.31 Å². The Kier molecular flexibility index (Phi) is 6.52. The number of hydrogen-bond donors (Lipinski definition) is 1. The summed E-state index contributed by atoms with van der Waals surface area (Å²) in [5.74, 6) is -0.205. The third-order valence-corrected chi connectivity index (χ3v) is 6.77. The Bertz CT molecular complexity index is 1020. The van der Waals surface area contributed by atoms with Gasteiger partial charge in [-0.3, -0.25) is 4.79 Å². The zero-order chi connectivity index (χ0) is 20.9. The summed E-state index contributed by atoms with van der Waals surface area (Å²) in [6.07, 6.45) is 2.95. The fraction of sp³-hybridized carbons (Fsp3) is 0.333. The molecule has 2 aromatic rings. The number of rotatable bonds is 6. The van der Waals surface area contributed by atoms with Gasteiger partial charge < -0.3 is 10.1 Å². The van der Waals surface area contributed by atoms with Crippen molar-refractivity contribution < 1.29 is 17.9 Å². The summed E-state index contributed by atoms with van der Waals surface area (Å²) in [4.78, 5) is 12.7. The lowest BCUT2D eigenvalue weighted by Crippen LogP contribution is -2.35. The number of amides is 1. The molecule has 7 nitrogen and oxygen atoms in total. The third kappa shape index (κ3) is 4.75. The summed E-state index contributed by atoms with van der Waals surface area (Å²) in [6.45, 7) is 0.938. The highest BCUT2D eigenvalue weighted by atomic mass is 32.2. The highest BCUT2D eigenvalue weighted by Crippen LogP contribution is 2.30. The molecule has 1 saturated heterocycles. The lowest BCUT2D eigenvalue weighted by Gasteiger charge is -2.26. The zero-order valence-electron chi connectivity index (χ0n) is 16.2. The Morgan fingerprint density at radius 1 is 1.14 bits per heavy atom. The fourth-order valence-corrected chi connectivity index (χ4v) is 4.96. The van der Waals surface area contributed by atoms with E-state index in [4.69, 9.17) is 10.00 Å². The molecule has 1 fully saturated rings. The molecule has 0 saturated carbocycles. The number of carbonyl (C=O) groups is 1. The first-order valence-corrected chi connectivity index (χ1v) is 10.8. The Morgan fingerprint density at radius 2 is 1.83 bits per heavy atom. The first kappa shape index (κ1) is 20.8. The van der Waals surface area contributed by atoms with E-state index in [1.807, 2.05) is 0 Å². The molecular weight excluding hydrogens is 390 g/mol. The first-order valence-electron chi connectivity index (χ1n) is 9.41. The maximum Gasteiger partial charge on any atom is 0.255 e. The Labute approximate surface area is 171 Å². The van der Waals surface area contributed by atoms with E-state index in [9.17, 15) is 13.2 Å². The van der Waals surface area contributed by atoms with Crippen molar-refractivity contribution in [1.29, 1.82) is 5.26 Å². The average molecular weight is 413 g/mol. The van der Waals surface area contributed by atoms with Crippen LogP contribution in [0.4, 0.5) is 5.69 Å². The molecule has 8 heteroatoms. The smallest absolute Gasteiger partial charge is 0.255 e. The summed E-state index contributed by atoms with van der Waals surface area (Å²) in [6, 6.07) is 13.4.